The minimum absolute atomic E-state index is 0.0655. The van der Waals surface area contributed by atoms with Gasteiger partial charge in [-0.3, -0.25) is 10.1 Å². The smallest absolute Gasteiger partial charge is 0.315 e. The van der Waals surface area contributed by atoms with Gasteiger partial charge in [0.25, 0.3) is 0 Å². The Hall–Kier alpha value is -1.58. The van der Waals surface area contributed by atoms with Gasteiger partial charge in [-0.1, -0.05) is 13.0 Å². The topological polar surface area (TPSA) is 101 Å². The number of halogens is 1. The Kier molecular flexibility index (Phi) is 5.99. The van der Waals surface area contributed by atoms with E-state index in [0.717, 1.165) is 31.2 Å². The second-order valence-electron chi connectivity index (χ2n) is 3.99. The summed E-state index contributed by atoms with van der Waals surface area (Å²) in [5, 5.41) is 13.7. The van der Waals surface area contributed by atoms with Gasteiger partial charge in [0.1, 0.15) is 0 Å². The lowest BCUT2D eigenvalue weighted by molar-refractivity contribution is -0.390. The van der Waals surface area contributed by atoms with Gasteiger partial charge < -0.3 is 5.32 Å². The van der Waals surface area contributed by atoms with Crippen LogP contribution in [-0.4, -0.2) is 33.0 Å². The minimum Gasteiger partial charge on any atom is -0.315 e. The van der Waals surface area contributed by atoms with Crippen molar-refractivity contribution in [3.8, 4) is 0 Å². The summed E-state index contributed by atoms with van der Waals surface area (Å²) in [6.45, 7) is 3.15. The zero-order valence-electron chi connectivity index (χ0n) is 10.9. The van der Waals surface area contributed by atoms with Crippen LogP contribution in [0.2, 0.25) is 0 Å². The van der Waals surface area contributed by atoms with Gasteiger partial charge in [-0.15, -0.1) is 0 Å². The maximum atomic E-state index is 13.4. The standard InChI is InChI=1S/C11H16FN3O4S/c1-2-6-13-7-8-14-20(18,19)10-5-3-4-9(12)11(10)15(16)17/h3-5,13-14H,2,6-8H2,1H3. The number of hydrogen-bond donors (Lipinski definition) is 2. The molecular formula is C11H16FN3O4S. The molecule has 1 rings (SSSR count). The summed E-state index contributed by atoms with van der Waals surface area (Å²) in [4.78, 5) is 9.05. The van der Waals surface area contributed by atoms with Crippen LogP contribution in [0.25, 0.3) is 0 Å². The van der Waals surface area contributed by atoms with Crippen LogP contribution in [0.1, 0.15) is 13.3 Å². The van der Waals surface area contributed by atoms with Crippen LogP contribution in [0, 0.1) is 15.9 Å². The maximum Gasteiger partial charge on any atom is 0.324 e. The molecule has 0 aliphatic carbocycles. The summed E-state index contributed by atoms with van der Waals surface area (Å²) in [5.41, 5.74) is -1.04. The van der Waals surface area contributed by atoms with Crippen LogP contribution in [0.3, 0.4) is 0 Å². The Morgan fingerprint density at radius 1 is 1.30 bits per heavy atom. The second kappa shape index (κ2) is 7.27. The van der Waals surface area contributed by atoms with E-state index in [2.05, 4.69) is 10.0 Å². The van der Waals surface area contributed by atoms with Crippen molar-refractivity contribution in [2.24, 2.45) is 0 Å². The third-order valence-electron chi connectivity index (χ3n) is 2.44. The number of nitrogens with one attached hydrogen (secondary N) is 2. The number of nitro benzene ring substituents is 1. The van der Waals surface area contributed by atoms with Crippen molar-refractivity contribution in [3.63, 3.8) is 0 Å². The summed E-state index contributed by atoms with van der Waals surface area (Å²) in [6.07, 6.45) is 0.905. The SMILES string of the molecule is CCCNCCNS(=O)(=O)c1cccc(F)c1[N+](=O)[O-]. The molecule has 1 aromatic carbocycles. The lowest BCUT2D eigenvalue weighted by Crippen LogP contribution is -2.32. The van der Waals surface area contributed by atoms with E-state index in [4.69, 9.17) is 0 Å². The van der Waals surface area contributed by atoms with E-state index < -0.39 is 31.3 Å². The van der Waals surface area contributed by atoms with Gasteiger partial charge >= 0.3 is 5.69 Å². The normalized spacial score (nSPS) is 11.5. The molecule has 0 aromatic heterocycles. The fourth-order valence-electron chi connectivity index (χ4n) is 1.54. The molecule has 0 aliphatic heterocycles. The molecule has 0 saturated heterocycles. The Morgan fingerprint density at radius 3 is 2.60 bits per heavy atom. The van der Waals surface area contributed by atoms with Crippen molar-refractivity contribution < 1.29 is 17.7 Å². The Balaban J connectivity index is 2.88. The molecule has 0 heterocycles. The molecule has 20 heavy (non-hydrogen) atoms. The molecule has 0 aliphatic rings. The fraction of sp³-hybridized carbons (Fsp3) is 0.455. The first-order valence-corrected chi connectivity index (χ1v) is 7.51. The number of rotatable bonds is 8. The monoisotopic (exact) mass is 305 g/mol. The van der Waals surface area contributed by atoms with Gasteiger partial charge in [-0.25, -0.2) is 13.1 Å². The van der Waals surface area contributed by atoms with Crippen LogP contribution in [-0.2, 0) is 10.0 Å². The van der Waals surface area contributed by atoms with E-state index in [-0.39, 0.29) is 6.54 Å². The Bertz CT molecular complexity index is 577. The maximum absolute atomic E-state index is 13.4. The first-order valence-electron chi connectivity index (χ1n) is 6.03. The van der Waals surface area contributed by atoms with Crippen LogP contribution in [0.15, 0.2) is 23.1 Å². The van der Waals surface area contributed by atoms with Crippen LogP contribution in [0.5, 0.6) is 0 Å². The van der Waals surface area contributed by atoms with Crippen molar-refractivity contribution in [1.82, 2.24) is 10.0 Å². The molecule has 7 nitrogen and oxygen atoms in total. The molecule has 0 saturated carbocycles. The highest BCUT2D eigenvalue weighted by atomic mass is 32.2. The van der Waals surface area contributed by atoms with Crippen LogP contribution in [0.4, 0.5) is 10.1 Å². The van der Waals surface area contributed by atoms with Crippen molar-refractivity contribution in [3.05, 3.63) is 34.1 Å². The van der Waals surface area contributed by atoms with Crippen molar-refractivity contribution >= 4 is 15.7 Å². The highest BCUT2D eigenvalue weighted by Gasteiger charge is 2.28. The fourth-order valence-corrected chi connectivity index (χ4v) is 2.75. The zero-order valence-corrected chi connectivity index (χ0v) is 11.7. The number of para-hydroxylation sites is 1. The predicted molar refractivity (Wildman–Crippen MR) is 71.4 cm³/mol. The molecule has 2 N–H and O–H groups in total. The molecule has 1 aromatic rings. The molecular weight excluding hydrogens is 289 g/mol. The van der Waals surface area contributed by atoms with Crippen molar-refractivity contribution in [1.29, 1.82) is 0 Å². The number of hydrogen-bond acceptors (Lipinski definition) is 5. The van der Waals surface area contributed by atoms with Gasteiger partial charge in [-0.2, -0.15) is 4.39 Å². The first kappa shape index (κ1) is 16.5. The highest BCUT2D eigenvalue weighted by Crippen LogP contribution is 2.26. The summed E-state index contributed by atoms with van der Waals surface area (Å²) < 4.78 is 39.4. The lowest BCUT2D eigenvalue weighted by atomic mass is 10.3. The van der Waals surface area contributed by atoms with Gasteiger partial charge in [0.15, 0.2) is 4.90 Å². The summed E-state index contributed by atoms with van der Waals surface area (Å²) in [5.74, 6) is -1.18. The third kappa shape index (κ3) is 4.22. The number of sulfonamides is 1. The van der Waals surface area contributed by atoms with E-state index in [0.29, 0.717) is 6.54 Å². The highest BCUT2D eigenvalue weighted by molar-refractivity contribution is 7.89. The molecule has 0 fully saturated rings. The molecule has 0 spiro atoms. The molecule has 0 unspecified atom stereocenters. The average Bonchev–Trinajstić information content (AvgIpc) is 2.37. The number of nitro groups is 1. The zero-order chi connectivity index (χ0) is 15.2. The quantitative estimate of drug-likeness (QED) is 0.424. The average molecular weight is 305 g/mol. The minimum atomic E-state index is -4.12. The molecule has 0 amide bonds. The van der Waals surface area contributed by atoms with Crippen LogP contribution >= 0.6 is 0 Å². The van der Waals surface area contributed by atoms with Crippen molar-refractivity contribution in [2.45, 2.75) is 18.2 Å². The largest absolute Gasteiger partial charge is 0.324 e. The molecule has 9 heteroatoms. The van der Waals surface area contributed by atoms with Gasteiger partial charge in [-0.05, 0) is 25.1 Å². The summed E-state index contributed by atoms with van der Waals surface area (Å²) in [7, 11) is -4.12. The lowest BCUT2D eigenvalue weighted by Gasteiger charge is -2.08. The van der Waals surface area contributed by atoms with E-state index in [1.165, 1.54) is 0 Å². The van der Waals surface area contributed by atoms with Gasteiger partial charge in [0.2, 0.25) is 15.8 Å². The number of benzene rings is 1. The van der Waals surface area contributed by atoms with Crippen LogP contribution < -0.4 is 10.0 Å². The third-order valence-corrected chi connectivity index (χ3v) is 3.94. The van der Waals surface area contributed by atoms with E-state index in [9.17, 15) is 22.9 Å². The van der Waals surface area contributed by atoms with E-state index in [1.807, 2.05) is 6.92 Å². The van der Waals surface area contributed by atoms with E-state index in [1.54, 1.807) is 0 Å². The van der Waals surface area contributed by atoms with Crippen molar-refractivity contribution in [2.75, 3.05) is 19.6 Å². The molecule has 112 valence electrons. The van der Waals surface area contributed by atoms with E-state index >= 15 is 0 Å². The molecule has 0 radical (unpaired) electrons. The summed E-state index contributed by atoms with van der Waals surface area (Å²) in [6, 6.07) is 2.97. The first-order chi connectivity index (χ1) is 9.40. The number of nitrogens with zero attached hydrogens (tertiary/aromatic N) is 1. The Morgan fingerprint density at radius 2 is 2.00 bits per heavy atom. The van der Waals surface area contributed by atoms with Gasteiger partial charge in [0, 0.05) is 13.1 Å². The predicted octanol–water partition coefficient (Wildman–Crippen LogP) is 1.01. The molecule has 0 atom stereocenters. The summed E-state index contributed by atoms with van der Waals surface area (Å²) >= 11 is 0. The second-order valence-corrected chi connectivity index (χ2v) is 5.73. The molecule has 0 bridgehead atoms. The Labute approximate surface area is 116 Å². The van der Waals surface area contributed by atoms with Gasteiger partial charge in [0.05, 0.1) is 4.92 Å².